The summed E-state index contributed by atoms with van der Waals surface area (Å²) in [5.74, 6) is -3.73. The molecule has 2 heterocycles. The Labute approximate surface area is 190 Å². The molecule has 6 nitrogen and oxygen atoms in total. The number of hydrogen-bond donors (Lipinski definition) is 2. The zero-order valence-corrected chi connectivity index (χ0v) is 18.2. The second kappa shape index (κ2) is 10.5. The van der Waals surface area contributed by atoms with E-state index in [1.165, 1.54) is 6.07 Å². The number of amides is 2. The number of para-hydroxylation sites is 1. The smallest absolute Gasteiger partial charge is 0.319 e. The number of carbonyl (C=O) groups is 1. The Balaban J connectivity index is 1.13. The molecule has 1 aromatic heterocycles. The summed E-state index contributed by atoms with van der Waals surface area (Å²) in [6.07, 6.45) is 3.35. The van der Waals surface area contributed by atoms with Crippen LogP contribution in [0.1, 0.15) is 12.8 Å². The lowest BCUT2D eigenvalue weighted by molar-refractivity contribution is 0.246. The van der Waals surface area contributed by atoms with Crippen molar-refractivity contribution in [3.8, 4) is 0 Å². The topological polar surface area (TPSA) is 60.5 Å². The molecule has 1 aliphatic heterocycles. The van der Waals surface area contributed by atoms with Crippen LogP contribution in [-0.2, 0) is 0 Å². The molecule has 9 heteroatoms. The van der Waals surface area contributed by atoms with E-state index in [2.05, 4.69) is 20.5 Å². The first-order valence-corrected chi connectivity index (χ1v) is 11.0. The predicted molar refractivity (Wildman–Crippen MR) is 123 cm³/mol. The number of rotatable bonds is 7. The van der Waals surface area contributed by atoms with E-state index in [1.54, 1.807) is 11.1 Å². The lowest BCUT2D eigenvalue weighted by Crippen LogP contribution is -2.47. The molecule has 2 amide bonds. The van der Waals surface area contributed by atoms with E-state index >= 15 is 0 Å². The van der Waals surface area contributed by atoms with Gasteiger partial charge in [-0.1, -0.05) is 18.2 Å². The Morgan fingerprint density at radius 1 is 0.970 bits per heavy atom. The van der Waals surface area contributed by atoms with Gasteiger partial charge in [-0.05, 0) is 43.7 Å². The first-order chi connectivity index (χ1) is 16.0. The second-order valence-electron chi connectivity index (χ2n) is 8.03. The molecule has 0 radical (unpaired) electrons. The zero-order chi connectivity index (χ0) is 23.2. The fourth-order valence-electron chi connectivity index (χ4n) is 3.95. The average Bonchev–Trinajstić information content (AvgIpc) is 2.83. The molecular formula is C24H26F3N5O. The maximum Gasteiger partial charge on any atom is 0.319 e. The molecule has 0 spiro atoms. The highest BCUT2D eigenvalue weighted by Gasteiger charge is 2.22. The largest absolute Gasteiger partial charge is 0.367 e. The molecule has 4 rings (SSSR count). The summed E-state index contributed by atoms with van der Waals surface area (Å²) in [7, 11) is 0. The van der Waals surface area contributed by atoms with Crippen molar-refractivity contribution in [1.29, 1.82) is 0 Å². The summed E-state index contributed by atoms with van der Waals surface area (Å²) in [4.78, 5) is 20.4. The van der Waals surface area contributed by atoms with Crippen LogP contribution in [0.5, 0.6) is 0 Å². The van der Waals surface area contributed by atoms with Gasteiger partial charge in [0.15, 0.2) is 17.5 Å². The molecule has 33 heavy (non-hydrogen) atoms. The predicted octanol–water partition coefficient (Wildman–Crippen LogP) is 4.38. The van der Waals surface area contributed by atoms with Crippen LogP contribution in [0.2, 0.25) is 0 Å². The van der Waals surface area contributed by atoms with Gasteiger partial charge in [0.1, 0.15) is 0 Å². The molecule has 2 N–H and O–H groups in total. The van der Waals surface area contributed by atoms with E-state index in [0.717, 1.165) is 36.4 Å². The van der Waals surface area contributed by atoms with E-state index in [1.807, 2.05) is 30.3 Å². The minimum atomic E-state index is -1.43. The number of carbonyl (C=O) groups excluding carboxylic acids is 1. The van der Waals surface area contributed by atoms with Gasteiger partial charge in [-0.3, -0.25) is 9.88 Å². The van der Waals surface area contributed by atoms with Crippen LogP contribution in [-0.4, -0.2) is 55.2 Å². The van der Waals surface area contributed by atoms with Gasteiger partial charge in [0.2, 0.25) is 0 Å². The molecule has 0 atom stereocenters. The third-order valence-corrected chi connectivity index (χ3v) is 5.76. The van der Waals surface area contributed by atoms with Crippen molar-refractivity contribution in [2.24, 2.45) is 0 Å². The van der Waals surface area contributed by atoms with E-state index in [-0.39, 0.29) is 11.7 Å². The van der Waals surface area contributed by atoms with Gasteiger partial charge >= 0.3 is 6.03 Å². The maximum atomic E-state index is 14.0. The number of pyridine rings is 1. The number of unbranched alkanes of at least 4 members (excludes halogenated alkanes) is 1. The van der Waals surface area contributed by atoms with Crippen LogP contribution in [0.3, 0.4) is 0 Å². The highest BCUT2D eigenvalue weighted by molar-refractivity contribution is 5.91. The molecular weight excluding hydrogens is 431 g/mol. The van der Waals surface area contributed by atoms with Gasteiger partial charge in [0.05, 0.1) is 23.1 Å². The highest BCUT2D eigenvalue weighted by atomic mass is 19.2. The molecule has 174 valence electrons. The fourth-order valence-corrected chi connectivity index (χ4v) is 3.95. The molecule has 3 aromatic rings. The Kier molecular flexibility index (Phi) is 7.29. The normalized spacial score (nSPS) is 14.5. The van der Waals surface area contributed by atoms with Crippen LogP contribution >= 0.6 is 0 Å². The number of nitrogens with one attached hydrogen (secondary N) is 2. The average molecular weight is 458 g/mol. The molecule has 0 bridgehead atoms. The van der Waals surface area contributed by atoms with E-state index in [4.69, 9.17) is 0 Å². The van der Waals surface area contributed by atoms with Crippen LogP contribution in [0.4, 0.5) is 29.3 Å². The summed E-state index contributed by atoms with van der Waals surface area (Å²) in [5, 5.41) is 6.61. The summed E-state index contributed by atoms with van der Waals surface area (Å²) < 4.78 is 40.6. The molecule has 1 aliphatic rings. The Hall–Kier alpha value is -3.33. The quantitative estimate of drug-likeness (QED) is 0.409. The van der Waals surface area contributed by atoms with E-state index in [9.17, 15) is 18.0 Å². The van der Waals surface area contributed by atoms with Gasteiger partial charge in [0, 0.05) is 38.1 Å². The van der Waals surface area contributed by atoms with Crippen molar-refractivity contribution < 1.29 is 18.0 Å². The fraction of sp³-hybridized carbons (Fsp3) is 0.333. The summed E-state index contributed by atoms with van der Waals surface area (Å²) in [6, 6.07) is 11.6. The zero-order valence-electron chi connectivity index (χ0n) is 18.2. The van der Waals surface area contributed by atoms with E-state index < -0.39 is 17.5 Å². The lowest BCUT2D eigenvalue weighted by Gasteiger charge is -2.36. The number of anilines is 2. The summed E-state index contributed by atoms with van der Waals surface area (Å²) >= 11 is 0. The molecule has 1 fully saturated rings. The van der Waals surface area contributed by atoms with Crippen molar-refractivity contribution in [1.82, 2.24) is 15.2 Å². The van der Waals surface area contributed by atoms with Gasteiger partial charge in [-0.15, -0.1) is 0 Å². The highest BCUT2D eigenvalue weighted by Crippen LogP contribution is 2.24. The monoisotopic (exact) mass is 457 g/mol. The van der Waals surface area contributed by atoms with E-state index in [0.29, 0.717) is 38.4 Å². The van der Waals surface area contributed by atoms with Crippen LogP contribution in [0.15, 0.2) is 48.7 Å². The summed E-state index contributed by atoms with van der Waals surface area (Å²) in [6.45, 7) is 3.91. The third kappa shape index (κ3) is 5.73. The van der Waals surface area contributed by atoms with Crippen molar-refractivity contribution in [2.45, 2.75) is 12.8 Å². The van der Waals surface area contributed by atoms with Gasteiger partial charge in [-0.25, -0.2) is 18.0 Å². The first-order valence-electron chi connectivity index (χ1n) is 11.0. The number of fused-ring (bicyclic) bond motifs is 1. The number of piperazine rings is 1. The number of hydrogen-bond acceptors (Lipinski definition) is 4. The molecule has 1 saturated heterocycles. The number of halogens is 3. The Bertz CT molecular complexity index is 1120. The minimum absolute atomic E-state index is 0.102. The third-order valence-electron chi connectivity index (χ3n) is 5.76. The Morgan fingerprint density at radius 2 is 1.76 bits per heavy atom. The van der Waals surface area contributed by atoms with Gasteiger partial charge in [0.25, 0.3) is 0 Å². The molecule has 0 aliphatic carbocycles. The molecule has 2 aromatic carbocycles. The first kappa shape index (κ1) is 22.8. The van der Waals surface area contributed by atoms with Gasteiger partial charge in [-0.2, -0.15) is 0 Å². The number of nitrogens with zero attached hydrogens (tertiary/aromatic N) is 3. The van der Waals surface area contributed by atoms with Crippen LogP contribution in [0, 0.1) is 17.5 Å². The van der Waals surface area contributed by atoms with Crippen molar-refractivity contribution in [3.63, 3.8) is 0 Å². The van der Waals surface area contributed by atoms with Crippen molar-refractivity contribution >= 4 is 28.3 Å². The maximum absolute atomic E-state index is 14.0. The van der Waals surface area contributed by atoms with Gasteiger partial charge < -0.3 is 15.5 Å². The lowest BCUT2D eigenvalue weighted by atomic mass is 10.2. The van der Waals surface area contributed by atoms with Crippen LogP contribution in [0.25, 0.3) is 10.9 Å². The molecule has 0 unspecified atom stereocenters. The van der Waals surface area contributed by atoms with Crippen molar-refractivity contribution in [2.75, 3.05) is 49.5 Å². The standard InChI is InChI=1S/C24H26F3N5O/c25-19-7-8-21(23(27)22(19)26)32-13-11-31(12-14-32)10-4-3-9-28-24(33)30-18-15-17-5-1-2-6-20(17)29-16-18/h1-2,5-8,15-16H,3-4,9-14H2,(H2,28,30,33). The number of aromatic nitrogens is 1. The molecule has 0 saturated carbocycles. The Morgan fingerprint density at radius 3 is 2.58 bits per heavy atom. The summed E-state index contributed by atoms with van der Waals surface area (Å²) in [5.41, 5.74) is 1.62. The van der Waals surface area contributed by atoms with Crippen molar-refractivity contribution in [3.05, 3.63) is 66.1 Å². The number of benzene rings is 2. The number of urea groups is 1. The second-order valence-corrected chi connectivity index (χ2v) is 8.03. The van der Waals surface area contributed by atoms with Crippen LogP contribution < -0.4 is 15.5 Å². The SMILES string of the molecule is O=C(NCCCCN1CCN(c2ccc(F)c(F)c2F)CC1)Nc1cnc2ccccc2c1. The minimum Gasteiger partial charge on any atom is -0.367 e.